The minimum absolute atomic E-state index is 0.127. The van der Waals surface area contributed by atoms with Crippen molar-refractivity contribution in [1.29, 1.82) is 0 Å². The Kier molecular flexibility index (Phi) is 13.9. The molecule has 0 aromatic rings. The Morgan fingerprint density at radius 1 is 1.22 bits per heavy atom. The van der Waals surface area contributed by atoms with Crippen molar-refractivity contribution in [2.75, 3.05) is 47.9 Å². The quantitative estimate of drug-likeness (QED) is 0.757. The highest BCUT2D eigenvalue weighted by molar-refractivity contribution is 5.50. The molecule has 1 heterocycles. The van der Waals surface area contributed by atoms with Gasteiger partial charge in [-0.2, -0.15) is 0 Å². The molecule has 1 saturated heterocycles. The molecule has 4 heteroatoms. The molecule has 0 bridgehead atoms. The second kappa shape index (κ2) is 12.9. The zero-order valence-electron chi connectivity index (χ0n) is 17.2. The van der Waals surface area contributed by atoms with Crippen LogP contribution >= 0.6 is 0 Å². The summed E-state index contributed by atoms with van der Waals surface area (Å²) in [5, 5.41) is 3.18. The third-order valence-corrected chi connectivity index (χ3v) is 3.88. The summed E-state index contributed by atoms with van der Waals surface area (Å²) in [7, 11) is 7.40. The monoisotopic (exact) mass is 330 g/mol. The standard InChI is InChI=1S/C11H23NO.C6H13N.C2H6O/c1-10(2,6-7-13)8-11(3,4)9-12-5;1-6-3-4-7(2)5-6;1-3-2/h7,12H,6,8-9H2,1-5H3;6H,3-5H2,1-2H3;1-2H3. The number of carbonyl (C=O) groups is 1. The minimum Gasteiger partial charge on any atom is -0.388 e. The maximum atomic E-state index is 10.4. The summed E-state index contributed by atoms with van der Waals surface area (Å²) in [5.74, 6) is 0.949. The third-order valence-electron chi connectivity index (χ3n) is 3.88. The van der Waals surface area contributed by atoms with Crippen molar-refractivity contribution in [1.82, 2.24) is 10.2 Å². The third kappa shape index (κ3) is 16.2. The molecule has 1 aliphatic rings. The molecule has 0 saturated carbocycles. The normalized spacial score (nSPS) is 18.6. The second-order valence-corrected chi connectivity index (χ2v) is 8.47. The molecule has 23 heavy (non-hydrogen) atoms. The lowest BCUT2D eigenvalue weighted by Crippen LogP contribution is -2.32. The number of carbonyl (C=O) groups excluding carboxylic acids is 1. The first-order chi connectivity index (χ1) is 10.5. The van der Waals surface area contributed by atoms with Crippen LogP contribution in [0.15, 0.2) is 0 Å². The van der Waals surface area contributed by atoms with Gasteiger partial charge in [-0.25, -0.2) is 0 Å². The molecule has 1 aliphatic heterocycles. The number of nitrogens with one attached hydrogen (secondary N) is 1. The number of rotatable bonds is 6. The second-order valence-electron chi connectivity index (χ2n) is 8.47. The lowest BCUT2D eigenvalue weighted by atomic mass is 9.73. The number of methoxy groups -OCH3 is 1. The number of likely N-dealkylation sites (tertiary alicyclic amines) is 1. The highest BCUT2D eigenvalue weighted by Gasteiger charge is 2.27. The summed E-state index contributed by atoms with van der Waals surface area (Å²) in [6.07, 6.45) is 4.14. The van der Waals surface area contributed by atoms with Crippen LogP contribution in [0.2, 0.25) is 0 Å². The van der Waals surface area contributed by atoms with E-state index in [4.69, 9.17) is 0 Å². The van der Waals surface area contributed by atoms with Crippen LogP contribution in [0.3, 0.4) is 0 Å². The molecular formula is C19H42N2O2. The van der Waals surface area contributed by atoms with E-state index in [0.29, 0.717) is 6.42 Å². The smallest absolute Gasteiger partial charge is 0.120 e. The summed E-state index contributed by atoms with van der Waals surface area (Å²) in [6, 6.07) is 0. The maximum Gasteiger partial charge on any atom is 0.120 e. The highest BCUT2D eigenvalue weighted by Crippen LogP contribution is 2.34. The van der Waals surface area contributed by atoms with Gasteiger partial charge >= 0.3 is 0 Å². The van der Waals surface area contributed by atoms with E-state index >= 15 is 0 Å². The number of nitrogens with zero attached hydrogens (tertiary/aromatic N) is 1. The van der Waals surface area contributed by atoms with Gasteiger partial charge in [-0.1, -0.05) is 34.6 Å². The predicted octanol–water partition coefficient (Wildman–Crippen LogP) is 3.46. The minimum atomic E-state index is 0.127. The van der Waals surface area contributed by atoms with Crippen molar-refractivity contribution in [3.8, 4) is 0 Å². The van der Waals surface area contributed by atoms with Gasteiger partial charge in [0.15, 0.2) is 0 Å². The van der Waals surface area contributed by atoms with Crippen molar-refractivity contribution in [2.24, 2.45) is 16.7 Å². The van der Waals surface area contributed by atoms with Crippen LogP contribution in [-0.4, -0.2) is 59.1 Å². The van der Waals surface area contributed by atoms with Crippen molar-refractivity contribution in [2.45, 2.75) is 53.9 Å². The molecule has 140 valence electrons. The van der Waals surface area contributed by atoms with Gasteiger partial charge < -0.3 is 19.7 Å². The number of hydrogen-bond donors (Lipinski definition) is 1. The topological polar surface area (TPSA) is 41.6 Å². The Balaban J connectivity index is 0. The summed E-state index contributed by atoms with van der Waals surface area (Å²) < 4.78 is 4.25. The van der Waals surface area contributed by atoms with Gasteiger partial charge in [-0.05, 0) is 56.8 Å². The first-order valence-electron chi connectivity index (χ1n) is 8.70. The van der Waals surface area contributed by atoms with Crippen molar-refractivity contribution >= 4 is 6.29 Å². The predicted molar refractivity (Wildman–Crippen MR) is 101 cm³/mol. The van der Waals surface area contributed by atoms with Gasteiger partial charge in [0.1, 0.15) is 6.29 Å². The molecule has 1 rings (SSSR count). The van der Waals surface area contributed by atoms with Gasteiger partial charge in [-0.3, -0.25) is 0 Å². The molecule has 1 atom stereocenters. The van der Waals surface area contributed by atoms with Gasteiger partial charge in [-0.15, -0.1) is 0 Å². The molecule has 0 radical (unpaired) electrons. The highest BCUT2D eigenvalue weighted by atomic mass is 16.4. The van der Waals surface area contributed by atoms with E-state index in [-0.39, 0.29) is 10.8 Å². The van der Waals surface area contributed by atoms with Crippen LogP contribution in [0.25, 0.3) is 0 Å². The van der Waals surface area contributed by atoms with Crippen LogP contribution in [0.5, 0.6) is 0 Å². The molecule has 0 aromatic carbocycles. The molecule has 1 unspecified atom stereocenters. The summed E-state index contributed by atoms with van der Waals surface area (Å²) in [5.41, 5.74) is 0.392. The fraction of sp³-hybridized carbons (Fsp3) is 0.947. The van der Waals surface area contributed by atoms with Crippen LogP contribution < -0.4 is 5.32 Å². The average Bonchev–Trinajstić information content (AvgIpc) is 2.73. The van der Waals surface area contributed by atoms with Crippen molar-refractivity contribution in [3.05, 3.63) is 0 Å². The van der Waals surface area contributed by atoms with Crippen LogP contribution in [0, 0.1) is 16.7 Å². The lowest BCUT2D eigenvalue weighted by Gasteiger charge is -2.33. The summed E-state index contributed by atoms with van der Waals surface area (Å²) in [4.78, 5) is 12.8. The summed E-state index contributed by atoms with van der Waals surface area (Å²) >= 11 is 0. The Hall–Kier alpha value is -0.450. The van der Waals surface area contributed by atoms with E-state index < -0.39 is 0 Å². The van der Waals surface area contributed by atoms with E-state index in [9.17, 15) is 4.79 Å². The molecule has 1 N–H and O–H groups in total. The fourth-order valence-electron chi connectivity index (χ4n) is 3.29. The fourth-order valence-corrected chi connectivity index (χ4v) is 3.29. The van der Waals surface area contributed by atoms with Crippen molar-refractivity contribution < 1.29 is 9.53 Å². The van der Waals surface area contributed by atoms with E-state index in [0.717, 1.165) is 25.2 Å². The molecule has 0 spiro atoms. The van der Waals surface area contributed by atoms with Crippen LogP contribution in [-0.2, 0) is 9.53 Å². The zero-order chi connectivity index (χ0) is 18.5. The molecule has 0 aliphatic carbocycles. The molecule has 0 amide bonds. The molecule has 1 fully saturated rings. The maximum absolute atomic E-state index is 10.4. The Bertz CT molecular complexity index is 283. The van der Waals surface area contributed by atoms with Gasteiger partial charge in [0.05, 0.1) is 0 Å². The average molecular weight is 331 g/mol. The first-order valence-corrected chi connectivity index (χ1v) is 8.70. The summed E-state index contributed by atoms with van der Waals surface area (Å²) in [6.45, 7) is 14.7. The Morgan fingerprint density at radius 2 is 1.74 bits per heavy atom. The number of hydrogen-bond acceptors (Lipinski definition) is 4. The van der Waals surface area contributed by atoms with Crippen LogP contribution in [0.1, 0.15) is 53.9 Å². The number of ether oxygens (including phenoxy) is 1. The van der Waals surface area contributed by atoms with Gasteiger partial charge in [0.2, 0.25) is 0 Å². The Morgan fingerprint density at radius 3 is 2.00 bits per heavy atom. The molecular weight excluding hydrogens is 288 g/mol. The zero-order valence-corrected chi connectivity index (χ0v) is 17.2. The van der Waals surface area contributed by atoms with Crippen molar-refractivity contribution in [3.63, 3.8) is 0 Å². The van der Waals surface area contributed by atoms with Gasteiger partial charge in [0, 0.05) is 27.2 Å². The first kappa shape index (κ1) is 24.8. The Labute approximate surface area is 145 Å². The molecule has 4 nitrogen and oxygen atoms in total. The van der Waals surface area contributed by atoms with Crippen LogP contribution in [0.4, 0.5) is 0 Å². The SMILES string of the molecule is CC1CCN(C)C1.CNCC(C)(C)CC(C)(C)CC=O.COC. The van der Waals surface area contributed by atoms with Gasteiger partial charge in [0.25, 0.3) is 0 Å². The van der Waals surface area contributed by atoms with E-state index in [1.165, 1.54) is 19.5 Å². The lowest BCUT2D eigenvalue weighted by molar-refractivity contribution is -0.109. The molecule has 0 aromatic heterocycles. The largest absolute Gasteiger partial charge is 0.388 e. The van der Waals surface area contributed by atoms with E-state index in [1.807, 2.05) is 7.05 Å². The number of aldehydes is 1. The van der Waals surface area contributed by atoms with E-state index in [2.05, 4.69) is 56.6 Å². The van der Waals surface area contributed by atoms with E-state index in [1.54, 1.807) is 14.2 Å².